The van der Waals surface area contributed by atoms with Crippen LogP contribution in [-0.2, 0) is 0 Å². The number of H-pyrrole nitrogens is 1. The number of anilines is 1. The fourth-order valence-electron chi connectivity index (χ4n) is 3.16. The molecular formula is C17H15N5O3. The number of nitro groups is 1. The number of non-ortho nitro benzene ring substituents is 1. The van der Waals surface area contributed by atoms with Crippen molar-refractivity contribution in [1.82, 2.24) is 15.0 Å². The van der Waals surface area contributed by atoms with E-state index in [1.165, 1.54) is 12.1 Å². The molecule has 1 saturated heterocycles. The van der Waals surface area contributed by atoms with Gasteiger partial charge in [-0.15, -0.1) is 0 Å². The SMILES string of the molecule is O=c1[nH]c(N2CCCC2)nc2nccc(-c3cccc([N+](=O)[O-])c3)c12. The Hall–Kier alpha value is -3.29. The van der Waals surface area contributed by atoms with Crippen molar-refractivity contribution in [2.45, 2.75) is 12.8 Å². The summed E-state index contributed by atoms with van der Waals surface area (Å²) in [4.78, 5) is 36.8. The van der Waals surface area contributed by atoms with Gasteiger partial charge in [-0.1, -0.05) is 12.1 Å². The quantitative estimate of drug-likeness (QED) is 0.581. The molecule has 25 heavy (non-hydrogen) atoms. The van der Waals surface area contributed by atoms with Gasteiger partial charge in [0.05, 0.1) is 10.3 Å². The van der Waals surface area contributed by atoms with E-state index in [4.69, 9.17) is 0 Å². The van der Waals surface area contributed by atoms with E-state index < -0.39 is 4.92 Å². The zero-order valence-corrected chi connectivity index (χ0v) is 13.3. The van der Waals surface area contributed by atoms with Crippen molar-refractivity contribution in [3.63, 3.8) is 0 Å². The third kappa shape index (κ3) is 2.71. The van der Waals surface area contributed by atoms with Gasteiger partial charge in [-0.2, -0.15) is 4.98 Å². The third-order valence-corrected chi connectivity index (χ3v) is 4.37. The van der Waals surface area contributed by atoms with E-state index in [0.29, 0.717) is 28.1 Å². The highest BCUT2D eigenvalue weighted by Gasteiger charge is 2.18. The van der Waals surface area contributed by atoms with Crippen LogP contribution in [0.15, 0.2) is 41.3 Å². The van der Waals surface area contributed by atoms with Crippen molar-refractivity contribution >= 4 is 22.7 Å². The Kier molecular flexibility index (Phi) is 3.64. The number of benzene rings is 1. The molecule has 0 atom stereocenters. The Morgan fingerprint density at radius 3 is 2.76 bits per heavy atom. The number of hydrogen-bond acceptors (Lipinski definition) is 6. The molecule has 4 rings (SSSR count). The Morgan fingerprint density at radius 1 is 1.20 bits per heavy atom. The fraction of sp³-hybridized carbons (Fsp3) is 0.235. The van der Waals surface area contributed by atoms with Crippen LogP contribution in [0.1, 0.15) is 12.8 Å². The van der Waals surface area contributed by atoms with Crippen molar-refractivity contribution in [1.29, 1.82) is 0 Å². The molecule has 3 heterocycles. The van der Waals surface area contributed by atoms with E-state index in [1.54, 1.807) is 24.4 Å². The summed E-state index contributed by atoms with van der Waals surface area (Å²) in [7, 11) is 0. The predicted octanol–water partition coefficient (Wildman–Crippen LogP) is 2.49. The summed E-state index contributed by atoms with van der Waals surface area (Å²) in [5.41, 5.74) is 1.19. The lowest BCUT2D eigenvalue weighted by Gasteiger charge is -2.16. The second-order valence-electron chi connectivity index (χ2n) is 5.95. The van der Waals surface area contributed by atoms with Crippen LogP contribution >= 0.6 is 0 Å². The lowest BCUT2D eigenvalue weighted by molar-refractivity contribution is -0.384. The predicted molar refractivity (Wildman–Crippen MR) is 93.7 cm³/mol. The molecule has 8 heteroatoms. The minimum atomic E-state index is -0.457. The van der Waals surface area contributed by atoms with Crippen LogP contribution in [0.5, 0.6) is 0 Å². The van der Waals surface area contributed by atoms with Gasteiger partial charge in [-0.25, -0.2) is 4.98 Å². The molecule has 1 aliphatic rings. The molecule has 0 radical (unpaired) electrons. The number of hydrogen-bond donors (Lipinski definition) is 1. The highest BCUT2D eigenvalue weighted by atomic mass is 16.6. The number of pyridine rings is 1. The molecule has 3 aromatic rings. The summed E-state index contributed by atoms with van der Waals surface area (Å²) in [6, 6.07) is 7.87. The monoisotopic (exact) mass is 337 g/mol. The average Bonchev–Trinajstić information content (AvgIpc) is 3.16. The smallest absolute Gasteiger partial charge is 0.270 e. The highest BCUT2D eigenvalue weighted by Crippen LogP contribution is 2.28. The number of aromatic nitrogens is 3. The number of nitro benzene ring substituents is 1. The molecule has 0 bridgehead atoms. The maximum atomic E-state index is 12.7. The molecule has 0 saturated carbocycles. The molecular weight excluding hydrogens is 322 g/mol. The Bertz CT molecular complexity index is 1020. The maximum Gasteiger partial charge on any atom is 0.270 e. The van der Waals surface area contributed by atoms with Gasteiger partial charge < -0.3 is 4.90 Å². The Labute approximate surface area is 142 Å². The normalized spacial score (nSPS) is 14.2. The van der Waals surface area contributed by atoms with Crippen LogP contribution in [0.4, 0.5) is 11.6 Å². The van der Waals surface area contributed by atoms with Crippen LogP contribution in [0.3, 0.4) is 0 Å². The number of nitrogens with zero attached hydrogens (tertiary/aromatic N) is 4. The molecule has 0 unspecified atom stereocenters. The standard InChI is InChI=1S/C17H15N5O3/c23-16-14-13(11-4-3-5-12(10-11)22(24)25)6-7-18-15(14)19-17(20-16)21-8-1-2-9-21/h3-7,10H,1-2,8-9H2,(H,18,19,20,23). The molecule has 1 aliphatic heterocycles. The van der Waals surface area contributed by atoms with Gasteiger partial charge in [0.2, 0.25) is 5.95 Å². The van der Waals surface area contributed by atoms with Crippen LogP contribution in [0.25, 0.3) is 22.2 Å². The van der Waals surface area contributed by atoms with E-state index in [-0.39, 0.29) is 11.2 Å². The van der Waals surface area contributed by atoms with Crippen molar-refractivity contribution < 1.29 is 4.92 Å². The van der Waals surface area contributed by atoms with Crippen LogP contribution < -0.4 is 10.5 Å². The minimum Gasteiger partial charge on any atom is -0.342 e. The van der Waals surface area contributed by atoms with E-state index >= 15 is 0 Å². The molecule has 0 spiro atoms. The summed E-state index contributed by atoms with van der Waals surface area (Å²) in [6.45, 7) is 1.72. The first-order valence-corrected chi connectivity index (χ1v) is 8.02. The summed E-state index contributed by atoms with van der Waals surface area (Å²) in [5, 5.41) is 11.4. The summed E-state index contributed by atoms with van der Waals surface area (Å²) in [6.07, 6.45) is 3.71. The maximum absolute atomic E-state index is 12.7. The fourth-order valence-corrected chi connectivity index (χ4v) is 3.16. The van der Waals surface area contributed by atoms with Gasteiger partial charge in [-0.05, 0) is 24.5 Å². The summed E-state index contributed by atoms with van der Waals surface area (Å²) in [5.74, 6) is 0.527. The van der Waals surface area contributed by atoms with Gasteiger partial charge >= 0.3 is 0 Å². The zero-order valence-electron chi connectivity index (χ0n) is 13.3. The number of fused-ring (bicyclic) bond motifs is 1. The van der Waals surface area contributed by atoms with Crippen molar-refractivity contribution in [2.24, 2.45) is 0 Å². The number of rotatable bonds is 3. The van der Waals surface area contributed by atoms with Gasteiger partial charge in [0.1, 0.15) is 0 Å². The third-order valence-electron chi connectivity index (χ3n) is 4.37. The molecule has 1 N–H and O–H groups in total. The Morgan fingerprint density at radius 2 is 2.00 bits per heavy atom. The second-order valence-corrected chi connectivity index (χ2v) is 5.95. The van der Waals surface area contributed by atoms with E-state index in [1.807, 2.05) is 4.90 Å². The first kappa shape index (κ1) is 15.3. The highest BCUT2D eigenvalue weighted by molar-refractivity contribution is 5.92. The van der Waals surface area contributed by atoms with Gasteiger partial charge in [0, 0.05) is 37.0 Å². The lowest BCUT2D eigenvalue weighted by Crippen LogP contribution is -2.24. The first-order chi connectivity index (χ1) is 12.1. The zero-order chi connectivity index (χ0) is 17.4. The summed E-state index contributed by atoms with van der Waals surface area (Å²) < 4.78 is 0. The molecule has 0 amide bonds. The molecule has 2 aromatic heterocycles. The minimum absolute atomic E-state index is 0.0273. The largest absolute Gasteiger partial charge is 0.342 e. The molecule has 1 aromatic carbocycles. The van der Waals surface area contributed by atoms with Crippen molar-refractivity contribution in [3.8, 4) is 11.1 Å². The lowest BCUT2D eigenvalue weighted by atomic mass is 10.0. The van der Waals surface area contributed by atoms with E-state index in [0.717, 1.165) is 25.9 Å². The van der Waals surface area contributed by atoms with Crippen molar-refractivity contribution in [3.05, 3.63) is 57.0 Å². The number of aromatic amines is 1. The molecule has 8 nitrogen and oxygen atoms in total. The number of nitrogens with one attached hydrogen (secondary N) is 1. The van der Waals surface area contributed by atoms with Crippen molar-refractivity contribution in [2.75, 3.05) is 18.0 Å². The topological polar surface area (TPSA) is 105 Å². The molecule has 0 aliphatic carbocycles. The summed E-state index contributed by atoms with van der Waals surface area (Å²) >= 11 is 0. The van der Waals surface area contributed by atoms with Gasteiger partial charge in [-0.3, -0.25) is 19.9 Å². The van der Waals surface area contributed by atoms with Gasteiger partial charge in [0.15, 0.2) is 5.65 Å². The van der Waals surface area contributed by atoms with Crippen LogP contribution in [0.2, 0.25) is 0 Å². The first-order valence-electron chi connectivity index (χ1n) is 8.02. The van der Waals surface area contributed by atoms with Crippen LogP contribution in [-0.4, -0.2) is 33.0 Å². The molecule has 1 fully saturated rings. The van der Waals surface area contributed by atoms with E-state index in [9.17, 15) is 14.9 Å². The second kappa shape index (κ2) is 5.97. The van der Waals surface area contributed by atoms with Crippen LogP contribution in [0, 0.1) is 10.1 Å². The van der Waals surface area contributed by atoms with Gasteiger partial charge in [0.25, 0.3) is 11.2 Å². The molecule has 126 valence electrons. The van der Waals surface area contributed by atoms with E-state index in [2.05, 4.69) is 15.0 Å². The Balaban J connectivity index is 1.89. The average molecular weight is 337 g/mol.